The third-order valence-electron chi connectivity index (χ3n) is 5.73. The molecular weight excluding hydrogens is 354 g/mol. The normalized spacial score (nSPS) is 19.9. The molecule has 5 nitrogen and oxygen atoms in total. The molecule has 146 valence electrons. The summed E-state index contributed by atoms with van der Waals surface area (Å²) in [6, 6.07) is 15.1. The molecule has 1 aliphatic heterocycles. The van der Waals surface area contributed by atoms with Crippen LogP contribution < -0.4 is 5.32 Å². The van der Waals surface area contributed by atoms with Crippen molar-refractivity contribution in [3.8, 4) is 11.1 Å². The Morgan fingerprint density at radius 2 is 1.93 bits per heavy atom. The number of carboxylic acids is 1. The van der Waals surface area contributed by atoms with Gasteiger partial charge in [0.1, 0.15) is 0 Å². The van der Waals surface area contributed by atoms with Crippen molar-refractivity contribution < 1.29 is 19.4 Å². The van der Waals surface area contributed by atoms with Gasteiger partial charge in [-0.3, -0.25) is 9.59 Å². The summed E-state index contributed by atoms with van der Waals surface area (Å²) in [6.07, 6.45) is 3.39. The van der Waals surface area contributed by atoms with Crippen molar-refractivity contribution in [2.75, 3.05) is 13.2 Å². The molecule has 2 aromatic rings. The first-order valence-electron chi connectivity index (χ1n) is 9.85. The van der Waals surface area contributed by atoms with E-state index in [9.17, 15) is 9.59 Å². The second-order valence-corrected chi connectivity index (χ2v) is 7.88. The maximum Gasteiger partial charge on any atom is 0.305 e. The largest absolute Gasteiger partial charge is 0.481 e. The van der Waals surface area contributed by atoms with E-state index in [0.717, 1.165) is 19.3 Å². The van der Waals surface area contributed by atoms with E-state index >= 15 is 0 Å². The van der Waals surface area contributed by atoms with Gasteiger partial charge in [0.05, 0.1) is 18.6 Å². The zero-order valence-corrected chi connectivity index (χ0v) is 15.9. The summed E-state index contributed by atoms with van der Waals surface area (Å²) in [5.74, 6) is -1.01. The van der Waals surface area contributed by atoms with Crippen molar-refractivity contribution >= 4 is 11.9 Å². The van der Waals surface area contributed by atoms with Crippen molar-refractivity contribution in [3.05, 3.63) is 59.2 Å². The molecule has 28 heavy (non-hydrogen) atoms. The molecule has 0 spiro atoms. The predicted octanol–water partition coefficient (Wildman–Crippen LogP) is 3.33. The first-order chi connectivity index (χ1) is 13.5. The minimum absolute atomic E-state index is 0.0943. The summed E-state index contributed by atoms with van der Waals surface area (Å²) in [5, 5.41) is 12.0. The zero-order chi connectivity index (χ0) is 19.6. The predicted molar refractivity (Wildman–Crippen MR) is 106 cm³/mol. The lowest BCUT2D eigenvalue weighted by molar-refractivity contribution is -0.139. The molecule has 5 heteroatoms. The van der Waals surface area contributed by atoms with Gasteiger partial charge in [-0.2, -0.15) is 0 Å². The quantitative estimate of drug-likeness (QED) is 0.660. The molecule has 1 fully saturated rings. The Morgan fingerprint density at radius 1 is 1.11 bits per heavy atom. The highest BCUT2D eigenvalue weighted by Crippen LogP contribution is 2.37. The number of rotatable bonds is 7. The molecular formula is C23H25NO4. The van der Waals surface area contributed by atoms with Crippen molar-refractivity contribution in [2.45, 2.75) is 44.1 Å². The molecule has 2 aromatic carbocycles. The second-order valence-electron chi connectivity index (χ2n) is 7.88. The van der Waals surface area contributed by atoms with Crippen LogP contribution in [0.2, 0.25) is 0 Å². The van der Waals surface area contributed by atoms with Gasteiger partial charge in [0, 0.05) is 13.0 Å². The number of aliphatic carboxylic acids is 1. The number of benzene rings is 2. The summed E-state index contributed by atoms with van der Waals surface area (Å²) < 4.78 is 5.33. The number of aryl methyl sites for hydroxylation is 1. The van der Waals surface area contributed by atoms with Gasteiger partial charge in [-0.1, -0.05) is 42.5 Å². The fourth-order valence-corrected chi connectivity index (χ4v) is 4.32. The van der Waals surface area contributed by atoms with Gasteiger partial charge in [-0.05, 0) is 53.5 Å². The van der Waals surface area contributed by atoms with Gasteiger partial charge in [0.15, 0.2) is 0 Å². The number of carbonyl (C=O) groups is 2. The lowest BCUT2D eigenvalue weighted by Crippen LogP contribution is -2.50. The molecule has 1 unspecified atom stereocenters. The molecule has 1 aliphatic carbocycles. The van der Waals surface area contributed by atoms with Crippen molar-refractivity contribution in [1.29, 1.82) is 0 Å². The highest BCUT2D eigenvalue weighted by molar-refractivity contribution is 5.79. The Kier molecular flexibility index (Phi) is 5.18. The van der Waals surface area contributed by atoms with Crippen molar-refractivity contribution in [3.63, 3.8) is 0 Å². The average Bonchev–Trinajstić information content (AvgIpc) is 3.25. The Bertz CT molecular complexity index is 899. The van der Waals surface area contributed by atoms with Crippen LogP contribution in [0.4, 0.5) is 0 Å². The van der Waals surface area contributed by atoms with E-state index in [-0.39, 0.29) is 18.9 Å². The van der Waals surface area contributed by atoms with Crippen LogP contribution >= 0.6 is 0 Å². The van der Waals surface area contributed by atoms with Crippen molar-refractivity contribution in [2.24, 2.45) is 0 Å². The van der Waals surface area contributed by atoms with Crippen LogP contribution in [0.1, 0.15) is 42.4 Å². The molecule has 0 bridgehead atoms. The Hall–Kier alpha value is -2.66. The first kappa shape index (κ1) is 18.7. The molecule has 0 aromatic heterocycles. The summed E-state index contributed by atoms with van der Waals surface area (Å²) >= 11 is 0. The maximum atomic E-state index is 12.4. The van der Waals surface area contributed by atoms with Gasteiger partial charge in [0.25, 0.3) is 0 Å². The molecule has 0 radical (unpaired) electrons. The van der Waals surface area contributed by atoms with Gasteiger partial charge >= 0.3 is 5.97 Å². The lowest BCUT2D eigenvalue weighted by atomic mass is 9.94. The Morgan fingerprint density at radius 3 is 2.71 bits per heavy atom. The summed E-state index contributed by atoms with van der Waals surface area (Å²) in [6.45, 7) is 0.763. The molecule has 1 heterocycles. The Balaban J connectivity index is 1.34. The number of amides is 1. The third kappa shape index (κ3) is 3.94. The highest BCUT2D eigenvalue weighted by atomic mass is 16.5. The summed E-state index contributed by atoms with van der Waals surface area (Å²) in [5.41, 5.74) is 5.83. The molecule has 1 saturated heterocycles. The standard InChI is InChI=1S/C23H25NO4/c25-21(24-23(14-22(26)27)10-11-28-15-23)7-3-4-16-8-9-18-13-17-5-1-2-6-19(17)20(18)12-16/h1-2,5-6,8-9,12H,3-4,7,10-11,13-15H2,(H,24,25)(H,26,27). The zero-order valence-electron chi connectivity index (χ0n) is 15.9. The smallest absolute Gasteiger partial charge is 0.305 e. The van der Waals surface area contributed by atoms with E-state index in [1.54, 1.807) is 0 Å². The van der Waals surface area contributed by atoms with Crippen LogP contribution in [0.5, 0.6) is 0 Å². The second kappa shape index (κ2) is 7.76. The van der Waals surface area contributed by atoms with E-state index in [2.05, 4.69) is 47.8 Å². The topological polar surface area (TPSA) is 75.6 Å². The fraction of sp³-hybridized carbons (Fsp3) is 0.391. The molecule has 0 saturated carbocycles. The van der Waals surface area contributed by atoms with Crippen molar-refractivity contribution in [1.82, 2.24) is 5.32 Å². The monoisotopic (exact) mass is 379 g/mol. The number of fused-ring (bicyclic) bond motifs is 3. The van der Waals surface area contributed by atoms with E-state index < -0.39 is 11.5 Å². The lowest BCUT2D eigenvalue weighted by Gasteiger charge is -2.27. The molecule has 1 atom stereocenters. The van der Waals surface area contributed by atoms with E-state index in [0.29, 0.717) is 19.4 Å². The highest BCUT2D eigenvalue weighted by Gasteiger charge is 2.38. The number of carboxylic acid groups (broad SMARTS) is 1. The van der Waals surface area contributed by atoms with Gasteiger partial charge < -0.3 is 15.2 Å². The number of nitrogens with one attached hydrogen (secondary N) is 1. The van der Waals surface area contributed by atoms with E-state index in [4.69, 9.17) is 9.84 Å². The van der Waals surface area contributed by atoms with Crippen LogP contribution in [0.25, 0.3) is 11.1 Å². The van der Waals surface area contributed by atoms with Crippen LogP contribution in [-0.2, 0) is 27.2 Å². The minimum Gasteiger partial charge on any atom is -0.481 e. The van der Waals surface area contributed by atoms with Crippen LogP contribution in [0, 0.1) is 0 Å². The molecule has 2 aliphatic rings. The SMILES string of the molecule is O=C(O)CC1(NC(=O)CCCc2ccc3c(c2)-c2ccccc2C3)CCOC1. The van der Waals surface area contributed by atoms with E-state index in [1.807, 2.05) is 0 Å². The number of ether oxygens (including phenoxy) is 1. The van der Waals surface area contributed by atoms with Crippen LogP contribution in [-0.4, -0.2) is 35.7 Å². The number of hydrogen-bond acceptors (Lipinski definition) is 3. The molecule has 4 rings (SSSR count). The minimum atomic E-state index is -0.913. The van der Waals surface area contributed by atoms with Crippen LogP contribution in [0.3, 0.4) is 0 Å². The molecule has 2 N–H and O–H groups in total. The van der Waals surface area contributed by atoms with Gasteiger partial charge in [-0.15, -0.1) is 0 Å². The summed E-state index contributed by atoms with van der Waals surface area (Å²) in [4.78, 5) is 23.5. The average molecular weight is 379 g/mol. The van der Waals surface area contributed by atoms with Gasteiger partial charge in [0.2, 0.25) is 5.91 Å². The van der Waals surface area contributed by atoms with E-state index in [1.165, 1.54) is 27.8 Å². The van der Waals surface area contributed by atoms with Gasteiger partial charge in [-0.25, -0.2) is 0 Å². The fourth-order valence-electron chi connectivity index (χ4n) is 4.32. The Labute approximate surface area is 164 Å². The maximum absolute atomic E-state index is 12.4. The third-order valence-corrected chi connectivity index (χ3v) is 5.73. The molecule has 1 amide bonds. The number of carbonyl (C=O) groups excluding carboxylic acids is 1. The summed E-state index contributed by atoms with van der Waals surface area (Å²) in [7, 11) is 0. The van der Waals surface area contributed by atoms with Crippen LogP contribution in [0.15, 0.2) is 42.5 Å². The first-order valence-corrected chi connectivity index (χ1v) is 9.85. The number of hydrogen-bond donors (Lipinski definition) is 2.